The Bertz CT molecular complexity index is 1250. The van der Waals surface area contributed by atoms with Crippen LogP contribution in [0.5, 0.6) is 0 Å². The van der Waals surface area contributed by atoms with Gasteiger partial charge in [-0.2, -0.15) is 0 Å². The predicted molar refractivity (Wildman–Crippen MR) is 145 cm³/mol. The molecule has 0 bridgehead atoms. The van der Waals surface area contributed by atoms with Gasteiger partial charge in [0.05, 0.1) is 6.61 Å². The molecule has 7 heteroatoms. The Morgan fingerprint density at radius 2 is 1.62 bits per heavy atom. The summed E-state index contributed by atoms with van der Waals surface area (Å²) in [6.45, 7) is 9.03. The molecule has 37 heavy (non-hydrogen) atoms. The number of carbonyl (C=O) groups is 2. The fraction of sp³-hybridized carbons (Fsp3) is 0.167. The van der Waals surface area contributed by atoms with Gasteiger partial charge >= 0.3 is 0 Å². The Kier molecular flexibility index (Phi) is 10.4. The first-order valence-electron chi connectivity index (χ1n) is 11.8. The first-order chi connectivity index (χ1) is 18.0. The van der Waals surface area contributed by atoms with Gasteiger partial charge in [-0.1, -0.05) is 43.5 Å². The van der Waals surface area contributed by atoms with Gasteiger partial charge in [-0.3, -0.25) is 14.6 Å². The van der Waals surface area contributed by atoms with Crippen LogP contribution in [0.25, 0.3) is 11.1 Å². The van der Waals surface area contributed by atoms with E-state index < -0.39 is 0 Å². The molecule has 0 spiro atoms. The summed E-state index contributed by atoms with van der Waals surface area (Å²) in [7, 11) is 1.60. The van der Waals surface area contributed by atoms with Crippen LogP contribution in [0.4, 0.5) is 0 Å². The number of allylic oxidation sites excluding steroid dienone is 1. The van der Waals surface area contributed by atoms with Crippen LogP contribution >= 0.6 is 0 Å². The zero-order chi connectivity index (χ0) is 26.5. The highest BCUT2D eigenvalue weighted by Gasteiger charge is 2.09. The van der Waals surface area contributed by atoms with E-state index in [0.29, 0.717) is 36.6 Å². The van der Waals surface area contributed by atoms with Gasteiger partial charge in [0, 0.05) is 43.7 Å². The van der Waals surface area contributed by atoms with Gasteiger partial charge in [0.2, 0.25) is 0 Å². The van der Waals surface area contributed by atoms with Crippen LogP contribution in [-0.4, -0.2) is 43.7 Å². The number of benzene rings is 2. The lowest BCUT2D eigenvalue weighted by molar-refractivity contribution is 0.0947. The first kappa shape index (κ1) is 27.1. The summed E-state index contributed by atoms with van der Waals surface area (Å²) in [5, 5.41) is 5.78. The van der Waals surface area contributed by atoms with E-state index in [1.807, 2.05) is 30.3 Å². The number of hydrogen-bond acceptors (Lipinski definition) is 5. The molecule has 0 radical (unpaired) electrons. The van der Waals surface area contributed by atoms with E-state index in [1.165, 1.54) is 0 Å². The zero-order valence-electron chi connectivity index (χ0n) is 20.9. The Balaban J connectivity index is 1.53. The van der Waals surface area contributed by atoms with Crippen LogP contribution in [0.3, 0.4) is 0 Å². The maximum absolute atomic E-state index is 12.7. The van der Waals surface area contributed by atoms with Crippen molar-refractivity contribution in [2.24, 2.45) is 0 Å². The largest absolute Gasteiger partial charge is 0.492 e. The third-order valence-electron chi connectivity index (χ3n) is 5.44. The molecule has 0 aliphatic rings. The van der Waals surface area contributed by atoms with Gasteiger partial charge in [-0.15, -0.1) is 0 Å². The number of carbonyl (C=O) groups excluding carboxylic acids is 2. The quantitative estimate of drug-likeness (QED) is 0.203. The third kappa shape index (κ3) is 8.59. The van der Waals surface area contributed by atoms with Gasteiger partial charge in [-0.05, 0) is 64.7 Å². The summed E-state index contributed by atoms with van der Waals surface area (Å²) in [6, 6.07) is 18.4. The van der Waals surface area contributed by atoms with Crippen LogP contribution in [0.1, 0.15) is 26.3 Å². The highest BCUT2D eigenvalue weighted by Crippen LogP contribution is 2.18. The number of nitrogens with one attached hydrogen (secondary N) is 2. The minimum atomic E-state index is -0.237. The summed E-state index contributed by atoms with van der Waals surface area (Å²) in [6.07, 6.45) is 6.83. The van der Waals surface area contributed by atoms with Crippen molar-refractivity contribution in [3.63, 3.8) is 0 Å². The highest BCUT2D eigenvalue weighted by atomic mass is 16.5. The average molecular weight is 498 g/mol. The Labute approximate surface area is 217 Å². The van der Waals surface area contributed by atoms with Crippen molar-refractivity contribution >= 4 is 11.8 Å². The second-order valence-corrected chi connectivity index (χ2v) is 8.11. The van der Waals surface area contributed by atoms with Crippen molar-refractivity contribution < 1.29 is 19.1 Å². The standard InChI is InChI=1S/C30H31N3O4/c1-4-23(18-22(2)37-17-16-36-3)20-32-30(35)28-7-5-6-24(19-28)21-33-29(34)27-10-8-25(9-11-27)26-12-14-31-15-13-26/h4-15,18-19H,1-2,16-17,20-21H2,3H3,(H,32,35)(H,33,34)/b23-18+. The highest BCUT2D eigenvalue weighted by molar-refractivity contribution is 5.95. The van der Waals surface area contributed by atoms with E-state index in [-0.39, 0.29) is 18.4 Å². The molecular formula is C30H31N3O4. The maximum Gasteiger partial charge on any atom is 0.251 e. The van der Waals surface area contributed by atoms with Crippen LogP contribution in [0.15, 0.2) is 110 Å². The van der Waals surface area contributed by atoms with Crippen molar-refractivity contribution in [1.29, 1.82) is 0 Å². The van der Waals surface area contributed by atoms with Crippen molar-refractivity contribution in [3.05, 3.63) is 126 Å². The molecule has 1 heterocycles. The fourth-order valence-electron chi connectivity index (χ4n) is 3.44. The van der Waals surface area contributed by atoms with E-state index in [4.69, 9.17) is 9.47 Å². The molecule has 0 saturated carbocycles. The molecular weight excluding hydrogens is 466 g/mol. The monoisotopic (exact) mass is 497 g/mol. The molecule has 7 nitrogen and oxygen atoms in total. The summed E-state index contributed by atoms with van der Waals surface area (Å²) in [5.41, 5.74) is 4.67. The van der Waals surface area contributed by atoms with Crippen LogP contribution < -0.4 is 10.6 Å². The van der Waals surface area contributed by atoms with Gasteiger partial charge in [0.15, 0.2) is 0 Å². The second kappa shape index (κ2) is 14.2. The normalized spacial score (nSPS) is 10.9. The minimum Gasteiger partial charge on any atom is -0.492 e. The number of pyridine rings is 1. The maximum atomic E-state index is 12.7. The lowest BCUT2D eigenvalue weighted by Crippen LogP contribution is -2.26. The number of nitrogens with zero attached hydrogens (tertiary/aromatic N) is 1. The molecule has 0 unspecified atom stereocenters. The smallest absolute Gasteiger partial charge is 0.251 e. The molecule has 1 aromatic heterocycles. The van der Waals surface area contributed by atoms with Gasteiger partial charge < -0.3 is 20.1 Å². The lowest BCUT2D eigenvalue weighted by Gasteiger charge is -2.10. The summed E-state index contributed by atoms with van der Waals surface area (Å²) < 4.78 is 10.4. The number of amides is 2. The Hall–Kier alpha value is -4.49. The zero-order valence-corrected chi connectivity index (χ0v) is 20.9. The molecule has 3 aromatic rings. The van der Waals surface area contributed by atoms with Crippen molar-refractivity contribution in [3.8, 4) is 11.1 Å². The van der Waals surface area contributed by atoms with E-state index in [0.717, 1.165) is 22.3 Å². The topological polar surface area (TPSA) is 89.5 Å². The molecule has 0 aliphatic heterocycles. The van der Waals surface area contributed by atoms with E-state index in [2.05, 4.69) is 28.8 Å². The van der Waals surface area contributed by atoms with E-state index in [9.17, 15) is 9.59 Å². The Morgan fingerprint density at radius 1 is 0.919 bits per heavy atom. The number of rotatable bonds is 13. The Morgan fingerprint density at radius 3 is 2.32 bits per heavy atom. The molecule has 0 aliphatic carbocycles. The van der Waals surface area contributed by atoms with Crippen LogP contribution in [0, 0.1) is 0 Å². The lowest BCUT2D eigenvalue weighted by atomic mass is 10.0. The molecule has 0 atom stereocenters. The van der Waals surface area contributed by atoms with Crippen LogP contribution in [-0.2, 0) is 16.0 Å². The van der Waals surface area contributed by atoms with Gasteiger partial charge in [0.25, 0.3) is 11.8 Å². The summed E-state index contributed by atoms with van der Waals surface area (Å²) in [5.74, 6) is 0.0364. The molecule has 0 saturated heterocycles. The molecule has 0 fully saturated rings. The summed E-state index contributed by atoms with van der Waals surface area (Å²) in [4.78, 5) is 29.3. The van der Waals surface area contributed by atoms with E-state index >= 15 is 0 Å². The second-order valence-electron chi connectivity index (χ2n) is 8.11. The van der Waals surface area contributed by atoms with Crippen LogP contribution in [0.2, 0.25) is 0 Å². The van der Waals surface area contributed by atoms with Crippen molar-refractivity contribution in [2.45, 2.75) is 6.54 Å². The molecule has 2 aromatic carbocycles. The van der Waals surface area contributed by atoms with E-state index in [1.54, 1.807) is 62.0 Å². The predicted octanol–water partition coefficient (Wildman–Crippen LogP) is 4.70. The first-order valence-corrected chi connectivity index (χ1v) is 11.8. The third-order valence-corrected chi connectivity index (χ3v) is 5.44. The average Bonchev–Trinajstić information content (AvgIpc) is 2.94. The summed E-state index contributed by atoms with van der Waals surface area (Å²) >= 11 is 0. The number of aromatic nitrogens is 1. The number of methoxy groups -OCH3 is 1. The molecule has 2 N–H and O–H groups in total. The van der Waals surface area contributed by atoms with Crippen molar-refractivity contribution in [2.75, 3.05) is 26.9 Å². The number of ether oxygens (including phenoxy) is 2. The molecule has 2 amide bonds. The van der Waals surface area contributed by atoms with Gasteiger partial charge in [0.1, 0.15) is 12.4 Å². The fourth-order valence-corrected chi connectivity index (χ4v) is 3.44. The molecule has 190 valence electrons. The minimum absolute atomic E-state index is 0.190. The van der Waals surface area contributed by atoms with Gasteiger partial charge in [-0.25, -0.2) is 0 Å². The number of hydrogen-bond donors (Lipinski definition) is 2. The SMILES string of the molecule is C=C/C(=C\C(=C)OCCOC)CNC(=O)c1cccc(CNC(=O)c2ccc(-c3ccncc3)cc2)c1. The molecule has 3 rings (SSSR count). The van der Waals surface area contributed by atoms with Crippen molar-refractivity contribution in [1.82, 2.24) is 15.6 Å².